The summed E-state index contributed by atoms with van der Waals surface area (Å²) in [6, 6.07) is 7.07. The Balaban J connectivity index is 2.14. The highest BCUT2D eigenvalue weighted by Crippen LogP contribution is 2.32. The molecule has 2 aromatic rings. The first-order valence-corrected chi connectivity index (χ1v) is 8.79. The minimum atomic E-state index is -0.333. The van der Waals surface area contributed by atoms with Crippen LogP contribution in [0.3, 0.4) is 0 Å². The molecule has 0 amide bonds. The van der Waals surface area contributed by atoms with E-state index in [-0.39, 0.29) is 17.4 Å². The highest BCUT2D eigenvalue weighted by molar-refractivity contribution is 5.39. The molecule has 0 aromatic carbocycles. The first-order chi connectivity index (χ1) is 12.0. The van der Waals surface area contributed by atoms with Crippen LogP contribution in [0.1, 0.15) is 29.9 Å². The molecule has 6 nitrogen and oxygen atoms in total. The summed E-state index contributed by atoms with van der Waals surface area (Å²) >= 11 is 0. The van der Waals surface area contributed by atoms with Crippen LogP contribution in [0.5, 0.6) is 5.75 Å². The third-order valence-corrected chi connectivity index (χ3v) is 4.98. The number of aryl methyl sites for hydroxylation is 1. The van der Waals surface area contributed by atoms with Crippen molar-refractivity contribution in [3.63, 3.8) is 0 Å². The Hall–Kier alpha value is -2.18. The molecule has 0 bridgehead atoms. The number of aromatic nitrogens is 2. The minimum Gasteiger partial charge on any atom is -0.507 e. The van der Waals surface area contributed by atoms with Gasteiger partial charge in [-0.15, -0.1) is 0 Å². The van der Waals surface area contributed by atoms with E-state index in [0.717, 1.165) is 37.6 Å². The number of pyridine rings is 2. The molecule has 1 fully saturated rings. The van der Waals surface area contributed by atoms with Crippen LogP contribution in [-0.4, -0.2) is 57.7 Å². The van der Waals surface area contributed by atoms with E-state index in [0.29, 0.717) is 12.1 Å². The Morgan fingerprint density at radius 2 is 1.96 bits per heavy atom. The van der Waals surface area contributed by atoms with Gasteiger partial charge in [0.05, 0.1) is 17.3 Å². The van der Waals surface area contributed by atoms with Crippen LogP contribution < -0.4 is 5.56 Å². The van der Waals surface area contributed by atoms with Crippen LogP contribution in [0.15, 0.2) is 35.3 Å². The average molecular weight is 342 g/mol. The topological polar surface area (TPSA) is 61.6 Å². The first-order valence-electron chi connectivity index (χ1n) is 8.79. The molecule has 134 valence electrons. The van der Waals surface area contributed by atoms with Crippen LogP contribution in [0.2, 0.25) is 0 Å². The molecule has 0 saturated carbocycles. The summed E-state index contributed by atoms with van der Waals surface area (Å²) in [4.78, 5) is 22.1. The lowest BCUT2D eigenvalue weighted by molar-refractivity contribution is 0.123. The Kier molecular flexibility index (Phi) is 5.20. The van der Waals surface area contributed by atoms with Crippen molar-refractivity contribution in [2.75, 3.05) is 33.2 Å². The maximum absolute atomic E-state index is 13.1. The molecule has 1 atom stereocenters. The van der Waals surface area contributed by atoms with Crippen molar-refractivity contribution in [2.24, 2.45) is 0 Å². The summed E-state index contributed by atoms with van der Waals surface area (Å²) in [5.74, 6) is 0.0572. The normalized spacial score (nSPS) is 17.6. The Bertz CT molecular complexity index is 780. The minimum absolute atomic E-state index is 0.0572. The summed E-state index contributed by atoms with van der Waals surface area (Å²) in [6.07, 6.45) is 1.74. The number of nitrogens with zero attached hydrogens (tertiary/aromatic N) is 4. The highest BCUT2D eigenvalue weighted by atomic mass is 16.3. The standard InChI is InChI=1S/C19H26N4O2/c1-4-23-14(2)13-16(24)17(19(23)25)18(15-7-5-6-8-20-15)22-11-9-21(3)10-12-22/h5-8,13,18,24H,4,9-12H2,1-3H3/t18-/m0/s1. The van der Waals surface area contributed by atoms with Crippen molar-refractivity contribution in [3.8, 4) is 5.75 Å². The van der Waals surface area contributed by atoms with Crippen LogP contribution in [0.25, 0.3) is 0 Å². The summed E-state index contributed by atoms with van der Waals surface area (Å²) < 4.78 is 1.71. The fraction of sp³-hybridized carbons (Fsp3) is 0.474. The number of hydrogen-bond acceptors (Lipinski definition) is 5. The highest BCUT2D eigenvalue weighted by Gasteiger charge is 2.31. The first kappa shape index (κ1) is 17.6. The fourth-order valence-corrected chi connectivity index (χ4v) is 3.55. The van der Waals surface area contributed by atoms with E-state index in [1.165, 1.54) is 0 Å². The maximum atomic E-state index is 13.1. The number of hydrogen-bond donors (Lipinski definition) is 1. The zero-order chi connectivity index (χ0) is 18.0. The third-order valence-electron chi connectivity index (χ3n) is 4.98. The fourth-order valence-electron chi connectivity index (χ4n) is 3.55. The second-order valence-electron chi connectivity index (χ2n) is 6.63. The van der Waals surface area contributed by atoms with E-state index in [1.54, 1.807) is 16.8 Å². The molecule has 25 heavy (non-hydrogen) atoms. The van der Waals surface area contributed by atoms with Crippen LogP contribution >= 0.6 is 0 Å². The van der Waals surface area contributed by atoms with Gasteiger partial charge in [0.1, 0.15) is 5.75 Å². The molecule has 3 rings (SSSR count). The summed E-state index contributed by atoms with van der Waals surface area (Å²) in [6.45, 7) is 7.89. The van der Waals surface area contributed by atoms with Gasteiger partial charge in [0.2, 0.25) is 0 Å². The molecular formula is C19H26N4O2. The molecule has 3 heterocycles. The van der Waals surface area contributed by atoms with Gasteiger partial charge in [-0.25, -0.2) is 0 Å². The molecule has 1 aliphatic heterocycles. The zero-order valence-electron chi connectivity index (χ0n) is 15.1. The molecule has 0 unspecified atom stereocenters. The van der Waals surface area contributed by atoms with Gasteiger partial charge in [-0.1, -0.05) is 6.07 Å². The molecule has 1 saturated heterocycles. The Morgan fingerprint density at radius 3 is 2.56 bits per heavy atom. The molecule has 0 spiro atoms. The summed E-state index contributed by atoms with van der Waals surface area (Å²) in [5.41, 5.74) is 1.86. The van der Waals surface area contributed by atoms with Gasteiger partial charge in [-0.3, -0.25) is 14.7 Å². The van der Waals surface area contributed by atoms with Gasteiger partial charge in [0.15, 0.2) is 0 Å². The van der Waals surface area contributed by atoms with Gasteiger partial charge in [0, 0.05) is 44.6 Å². The van der Waals surface area contributed by atoms with Crippen LogP contribution in [0, 0.1) is 6.92 Å². The smallest absolute Gasteiger partial charge is 0.259 e. The SMILES string of the molecule is CCn1c(C)cc(O)c([C@H](c2ccccn2)N2CCN(C)CC2)c1=O. The number of piperazine rings is 1. The van der Waals surface area contributed by atoms with Crippen LogP contribution in [0.4, 0.5) is 0 Å². The van der Waals surface area contributed by atoms with E-state index >= 15 is 0 Å². The zero-order valence-corrected chi connectivity index (χ0v) is 15.1. The van der Waals surface area contributed by atoms with Crippen molar-refractivity contribution in [1.82, 2.24) is 19.4 Å². The monoisotopic (exact) mass is 342 g/mol. The van der Waals surface area contributed by atoms with Crippen molar-refractivity contribution in [2.45, 2.75) is 26.4 Å². The second kappa shape index (κ2) is 7.37. The van der Waals surface area contributed by atoms with E-state index in [2.05, 4.69) is 21.8 Å². The molecular weight excluding hydrogens is 316 g/mol. The van der Waals surface area contributed by atoms with E-state index < -0.39 is 0 Å². The van der Waals surface area contributed by atoms with Crippen molar-refractivity contribution >= 4 is 0 Å². The molecule has 0 radical (unpaired) electrons. The van der Waals surface area contributed by atoms with Gasteiger partial charge in [0.25, 0.3) is 5.56 Å². The number of rotatable bonds is 4. The van der Waals surface area contributed by atoms with E-state index in [4.69, 9.17) is 0 Å². The predicted molar refractivity (Wildman–Crippen MR) is 97.9 cm³/mol. The van der Waals surface area contributed by atoms with E-state index in [1.807, 2.05) is 32.0 Å². The quantitative estimate of drug-likeness (QED) is 0.915. The van der Waals surface area contributed by atoms with E-state index in [9.17, 15) is 9.90 Å². The lowest BCUT2D eigenvalue weighted by Crippen LogP contribution is -2.47. The maximum Gasteiger partial charge on any atom is 0.259 e. The number of aromatic hydroxyl groups is 1. The largest absolute Gasteiger partial charge is 0.507 e. The molecule has 1 N–H and O–H groups in total. The third kappa shape index (κ3) is 3.45. The average Bonchev–Trinajstić information content (AvgIpc) is 2.60. The van der Waals surface area contributed by atoms with Crippen LogP contribution in [-0.2, 0) is 6.54 Å². The van der Waals surface area contributed by atoms with Crippen molar-refractivity contribution in [1.29, 1.82) is 0 Å². The summed E-state index contributed by atoms with van der Waals surface area (Å²) in [7, 11) is 2.10. The predicted octanol–water partition coefficient (Wildman–Crippen LogP) is 1.61. The van der Waals surface area contributed by atoms with Crippen molar-refractivity contribution < 1.29 is 5.11 Å². The van der Waals surface area contributed by atoms with Gasteiger partial charge >= 0.3 is 0 Å². The molecule has 2 aromatic heterocycles. The summed E-state index contributed by atoms with van der Waals surface area (Å²) in [5, 5.41) is 10.6. The van der Waals surface area contributed by atoms with Gasteiger partial charge < -0.3 is 14.6 Å². The lowest BCUT2D eigenvalue weighted by atomic mass is 10.00. The van der Waals surface area contributed by atoms with Crippen molar-refractivity contribution in [3.05, 3.63) is 57.8 Å². The second-order valence-corrected chi connectivity index (χ2v) is 6.63. The van der Waals surface area contributed by atoms with Gasteiger partial charge in [-0.2, -0.15) is 0 Å². The van der Waals surface area contributed by atoms with Gasteiger partial charge in [-0.05, 0) is 39.1 Å². The molecule has 1 aliphatic rings. The number of likely N-dealkylation sites (N-methyl/N-ethyl adjacent to an activating group) is 1. The lowest BCUT2D eigenvalue weighted by Gasteiger charge is -2.38. The molecule has 6 heteroatoms. The Labute approximate surface area is 148 Å². The molecule has 0 aliphatic carbocycles. The Morgan fingerprint density at radius 1 is 1.24 bits per heavy atom.